The lowest BCUT2D eigenvalue weighted by Crippen LogP contribution is -2.04. The summed E-state index contributed by atoms with van der Waals surface area (Å²) in [6, 6.07) is 9.63. The van der Waals surface area contributed by atoms with Crippen molar-refractivity contribution in [2.75, 3.05) is 18.6 Å². The lowest BCUT2D eigenvalue weighted by Gasteiger charge is -2.13. The third-order valence-electron chi connectivity index (χ3n) is 3.72. The summed E-state index contributed by atoms with van der Waals surface area (Å²) in [7, 11) is 1.47. The van der Waals surface area contributed by atoms with Gasteiger partial charge in [-0.3, -0.25) is 0 Å². The molecule has 0 unspecified atom stereocenters. The highest BCUT2D eigenvalue weighted by molar-refractivity contribution is 5.72. The Balaban J connectivity index is 1.96. The van der Waals surface area contributed by atoms with Gasteiger partial charge in [-0.2, -0.15) is 18.2 Å². The van der Waals surface area contributed by atoms with Crippen LogP contribution in [0, 0.1) is 0 Å². The zero-order valence-electron chi connectivity index (χ0n) is 14.1. The number of alkyl halides is 3. The predicted octanol–water partition coefficient (Wildman–Crippen LogP) is 4.13. The molecule has 0 aliphatic rings. The number of nitrogens with two attached hydrogens (primary N) is 2. The van der Waals surface area contributed by atoms with Crippen LogP contribution in [0.3, 0.4) is 0 Å². The van der Waals surface area contributed by atoms with Gasteiger partial charge >= 0.3 is 6.18 Å². The van der Waals surface area contributed by atoms with Gasteiger partial charge in [0, 0.05) is 5.56 Å². The fourth-order valence-corrected chi connectivity index (χ4v) is 2.42. The number of anilines is 2. The number of rotatable bonds is 4. The maximum atomic E-state index is 12.8. The molecule has 3 rings (SSSR count). The second kappa shape index (κ2) is 7.02. The first-order chi connectivity index (χ1) is 12.8. The van der Waals surface area contributed by atoms with Gasteiger partial charge < -0.3 is 20.9 Å². The quantitative estimate of drug-likeness (QED) is 0.711. The second-order valence-electron chi connectivity index (χ2n) is 5.52. The summed E-state index contributed by atoms with van der Waals surface area (Å²) in [6.07, 6.45) is -3.07. The second-order valence-corrected chi connectivity index (χ2v) is 5.52. The van der Waals surface area contributed by atoms with Gasteiger partial charge in [-0.25, -0.2) is 4.98 Å². The van der Waals surface area contributed by atoms with Crippen LogP contribution in [-0.4, -0.2) is 17.1 Å². The summed E-state index contributed by atoms with van der Waals surface area (Å²) < 4.78 is 49.2. The van der Waals surface area contributed by atoms with E-state index in [4.69, 9.17) is 20.9 Å². The number of nitrogen functional groups attached to an aromatic ring is 2. The monoisotopic (exact) mass is 376 g/mol. The molecule has 140 valence electrons. The summed E-state index contributed by atoms with van der Waals surface area (Å²) >= 11 is 0. The molecule has 0 saturated heterocycles. The Labute approximate surface area is 152 Å². The maximum absolute atomic E-state index is 12.8. The molecule has 1 heterocycles. The fourth-order valence-electron chi connectivity index (χ4n) is 2.42. The van der Waals surface area contributed by atoms with Crippen molar-refractivity contribution < 1.29 is 22.6 Å². The molecule has 0 fully saturated rings. The van der Waals surface area contributed by atoms with E-state index < -0.39 is 11.7 Å². The van der Waals surface area contributed by atoms with Gasteiger partial charge in [-0.15, -0.1) is 0 Å². The average Bonchev–Trinajstić information content (AvgIpc) is 2.63. The Morgan fingerprint density at radius 3 is 2.26 bits per heavy atom. The minimum absolute atomic E-state index is 0.0139. The number of hydrogen-bond acceptors (Lipinski definition) is 6. The Morgan fingerprint density at radius 2 is 1.67 bits per heavy atom. The number of methoxy groups -OCH3 is 1. The van der Waals surface area contributed by atoms with E-state index in [0.29, 0.717) is 22.6 Å². The van der Waals surface area contributed by atoms with Crippen molar-refractivity contribution in [1.29, 1.82) is 0 Å². The molecule has 27 heavy (non-hydrogen) atoms. The van der Waals surface area contributed by atoms with E-state index in [1.165, 1.54) is 25.4 Å². The lowest BCUT2D eigenvalue weighted by molar-refractivity contribution is -0.137. The van der Waals surface area contributed by atoms with Crippen molar-refractivity contribution in [2.45, 2.75) is 6.18 Å². The molecule has 2 aromatic carbocycles. The molecule has 0 aliphatic carbocycles. The zero-order valence-corrected chi connectivity index (χ0v) is 14.1. The largest absolute Gasteiger partial charge is 0.496 e. The summed E-state index contributed by atoms with van der Waals surface area (Å²) in [4.78, 5) is 7.62. The first-order valence-electron chi connectivity index (χ1n) is 7.69. The highest BCUT2D eigenvalue weighted by Gasteiger charge is 2.30. The number of benzene rings is 2. The van der Waals surface area contributed by atoms with E-state index in [0.717, 1.165) is 12.1 Å². The maximum Gasteiger partial charge on any atom is 0.416 e. The van der Waals surface area contributed by atoms with Gasteiger partial charge in [0.1, 0.15) is 11.5 Å². The summed E-state index contributed by atoms with van der Waals surface area (Å²) in [5.41, 5.74) is 11.5. The highest BCUT2D eigenvalue weighted by atomic mass is 19.4. The Kier molecular flexibility index (Phi) is 4.76. The van der Waals surface area contributed by atoms with Gasteiger partial charge in [0.25, 0.3) is 0 Å². The van der Waals surface area contributed by atoms with Gasteiger partial charge in [0.05, 0.1) is 18.9 Å². The van der Waals surface area contributed by atoms with Gasteiger partial charge in [-0.05, 0) is 35.9 Å². The molecule has 6 nitrogen and oxygen atoms in total. The molecule has 0 amide bonds. The SMILES string of the molecule is COc1ccc(Oc2cnc(N)nc2N)cc1-c1ccc(C(F)(F)F)cc1. The molecule has 0 radical (unpaired) electrons. The van der Waals surface area contributed by atoms with Crippen LogP contribution in [0.15, 0.2) is 48.7 Å². The Bertz CT molecular complexity index is 960. The van der Waals surface area contributed by atoms with E-state index in [2.05, 4.69) is 9.97 Å². The van der Waals surface area contributed by atoms with Gasteiger partial charge in [-0.1, -0.05) is 12.1 Å². The smallest absolute Gasteiger partial charge is 0.416 e. The molecular weight excluding hydrogens is 361 g/mol. The summed E-state index contributed by atoms with van der Waals surface area (Å²) in [5.74, 6) is 1.14. The van der Waals surface area contributed by atoms with Crippen molar-refractivity contribution in [3.05, 3.63) is 54.2 Å². The molecule has 0 aliphatic heterocycles. The summed E-state index contributed by atoms with van der Waals surface area (Å²) in [6.45, 7) is 0. The number of nitrogens with zero attached hydrogens (tertiary/aromatic N) is 2. The Hall–Kier alpha value is -3.49. The molecule has 0 bridgehead atoms. The van der Waals surface area contributed by atoms with Crippen LogP contribution in [0.2, 0.25) is 0 Å². The van der Waals surface area contributed by atoms with E-state index in [1.54, 1.807) is 18.2 Å². The van der Waals surface area contributed by atoms with Crippen LogP contribution in [0.1, 0.15) is 5.56 Å². The van der Waals surface area contributed by atoms with Crippen molar-refractivity contribution in [1.82, 2.24) is 9.97 Å². The topological polar surface area (TPSA) is 96.3 Å². The van der Waals surface area contributed by atoms with Crippen molar-refractivity contribution >= 4 is 11.8 Å². The molecule has 0 spiro atoms. The summed E-state index contributed by atoms with van der Waals surface area (Å²) in [5, 5.41) is 0. The number of hydrogen-bond donors (Lipinski definition) is 2. The van der Waals surface area contributed by atoms with Crippen LogP contribution >= 0.6 is 0 Å². The lowest BCUT2D eigenvalue weighted by atomic mass is 10.0. The zero-order chi connectivity index (χ0) is 19.6. The fraction of sp³-hybridized carbons (Fsp3) is 0.111. The minimum Gasteiger partial charge on any atom is -0.496 e. The molecule has 9 heteroatoms. The third-order valence-corrected chi connectivity index (χ3v) is 3.72. The predicted molar refractivity (Wildman–Crippen MR) is 94.4 cm³/mol. The molecule has 0 saturated carbocycles. The number of aromatic nitrogens is 2. The number of halogens is 3. The van der Waals surface area contributed by atoms with E-state index in [1.807, 2.05) is 0 Å². The normalized spacial score (nSPS) is 11.3. The van der Waals surface area contributed by atoms with Crippen molar-refractivity contribution in [3.8, 4) is 28.4 Å². The van der Waals surface area contributed by atoms with Crippen LogP contribution in [0.25, 0.3) is 11.1 Å². The highest BCUT2D eigenvalue weighted by Crippen LogP contribution is 2.37. The van der Waals surface area contributed by atoms with E-state index >= 15 is 0 Å². The Morgan fingerprint density at radius 1 is 0.963 bits per heavy atom. The average molecular weight is 376 g/mol. The van der Waals surface area contributed by atoms with Crippen molar-refractivity contribution in [3.63, 3.8) is 0 Å². The molecule has 1 aromatic heterocycles. The minimum atomic E-state index is -4.40. The van der Waals surface area contributed by atoms with Crippen LogP contribution in [-0.2, 0) is 6.18 Å². The van der Waals surface area contributed by atoms with Crippen LogP contribution < -0.4 is 20.9 Å². The van der Waals surface area contributed by atoms with Crippen LogP contribution in [0.4, 0.5) is 24.9 Å². The van der Waals surface area contributed by atoms with E-state index in [-0.39, 0.29) is 17.5 Å². The molecule has 4 N–H and O–H groups in total. The molecular formula is C18H15F3N4O2. The first-order valence-corrected chi connectivity index (χ1v) is 7.69. The standard InChI is InChI=1S/C18H15F3N4O2/c1-26-14-7-6-12(27-15-9-24-17(23)25-16(15)22)8-13(14)10-2-4-11(5-3-10)18(19,20)21/h2-9H,1H3,(H4,22,23,24,25). The first kappa shape index (κ1) is 18.3. The van der Waals surface area contributed by atoms with Crippen molar-refractivity contribution in [2.24, 2.45) is 0 Å². The molecule has 0 atom stereocenters. The third kappa shape index (κ3) is 4.02. The van der Waals surface area contributed by atoms with Gasteiger partial charge in [0.15, 0.2) is 11.6 Å². The van der Waals surface area contributed by atoms with E-state index in [9.17, 15) is 13.2 Å². The molecule has 3 aromatic rings. The number of ether oxygens (including phenoxy) is 2. The van der Waals surface area contributed by atoms with Crippen LogP contribution in [0.5, 0.6) is 17.2 Å². The van der Waals surface area contributed by atoms with Gasteiger partial charge in [0.2, 0.25) is 5.95 Å².